The Kier molecular flexibility index (Phi) is 3.84. The lowest BCUT2D eigenvalue weighted by atomic mass is 10.1. The van der Waals surface area contributed by atoms with Gasteiger partial charge in [0.05, 0.1) is 5.56 Å². The van der Waals surface area contributed by atoms with Crippen molar-refractivity contribution in [2.75, 3.05) is 5.32 Å². The summed E-state index contributed by atoms with van der Waals surface area (Å²) in [5.41, 5.74) is 0.612. The van der Waals surface area contributed by atoms with Gasteiger partial charge in [0.15, 0.2) is 17.5 Å². The zero-order valence-electron chi connectivity index (χ0n) is 11.6. The summed E-state index contributed by atoms with van der Waals surface area (Å²) in [7, 11) is 0. The van der Waals surface area contributed by atoms with Gasteiger partial charge in [0.25, 0.3) is 5.91 Å². The summed E-state index contributed by atoms with van der Waals surface area (Å²) in [5, 5.41) is 2.42. The maximum absolute atomic E-state index is 13.6. The number of H-pyrrole nitrogens is 1. The monoisotopic (exact) mass is 317 g/mol. The van der Waals surface area contributed by atoms with E-state index in [9.17, 15) is 18.0 Å². The number of aromatic nitrogens is 2. The SMILES string of the molecule is O=C(Nc1ccc(-c2ncc[nH]2)cc1)c1ccc(F)c(F)c1F. The fraction of sp³-hybridized carbons (Fsp3) is 0. The number of nitrogens with zero attached hydrogens (tertiary/aromatic N) is 1. The van der Waals surface area contributed by atoms with Crippen LogP contribution in [-0.4, -0.2) is 15.9 Å². The predicted octanol–water partition coefficient (Wildman–Crippen LogP) is 3.75. The normalized spacial score (nSPS) is 10.6. The van der Waals surface area contributed by atoms with Crippen molar-refractivity contribution in [3.63, 3.8) is 0 Å². The number of rotatable bonds is 3. The second kappa shape index (κ2) is 5.96. The first-order chi connectivity index (χ1) is 11.1. The molecule has 0 saturated heterocycles. The number of hydrogen-bond donors (Lipinski definition) is 2. The lowest BCUT2D eigenvalue weighted by Crippen LogP contribution is -2.15. The Morgan fingerprint density at radius 1 is 1.00 bits per heavy atom. The summed E-state index contributed by atoms with van der Waals surface area (Å²) in [5.74, 6) is -4.75. The molecule has 2 aromatic carbocycles. The highest BCUT2D eigenvalue weighted by atomic mass is 19.2. The van der Waals surface area contributed by atoms with Crippen molar-refractivity contribution in [3.8, 4) is 11.4 Å². The van der Waals surface area contributed by atoms with Crippen LogP contribution >= 0.6 is 0 Å². The highest BCUT2D eigenvalue weighted by Gasteiger charge is 2.18. The molecule has 3 aromatic rings. The van der Waals surface area contributed by atoms with Gasteiger partial charge >= 0.3 is 0 Å². The standard InChI is InChI=1S/C16H10F3N3O/c17-12-6-5-11(13(18)14(12)19)16(23)22-10-3-1-9(2-4-10)15-20-7-8-21-15/h1-8H,(H,20,21)(H,22,23). The van der Waals surface area contributed by atoms with E-state index in [-0.39, 0.29) is 0 Å². The van der Waals surface area contributed by atoms with Gasteiger partial charge in [-0.05, 0) is 36.4 Å². The van der Waals surface area contributed by atoms with Gasteiger partial charge in [-0.15, -0.1) is 0 Å². The fourth-order valence-electron chi connectivity index (χ4n) is 2.03. The van der Waals surface area contributed by atoms with Crippen LogP contribution < -0.4 is 5.32 Å². The Morgan fingerprint density at radius 3 is 2.39 bits per heavy atom. The van der Waals surface area contributed by atoms with Crippen LogP contribution in [0.1, 0.15) is 10.4 Å². The molecule has 0 aliphatic rings. The van der Waals surface area contributed by atoms with E-state index in [0.717, 1.165) is 11.6 Å². The Morgan fingerprint density at radius 2 is 1.74 bits per heavy atom. The van der Waals surface area contributed by atoms with Crippen molar-refractivity contribution in [2.45, 2.75) is 0 Å². The topological polar surface area (TPSA) is 57.8 Å². The van der Waals surface area contributed by atoms with Gasteiger partial charge in [-0.3, -0.25) is 4.79 Å². The first-order valence-corrected chi connectivity index (χ1v) is 6.61. The Labute approximate surface area is 129 Å². The number of halogens is 3. The number of carbonyl (C=O) groups excluding carboxylic acids is 1. The number of aromatic amines is 1. The molecule has 0 atom stereocenters. The summed E-state index contributed by atoms with van der Waals surface area (Å²) in [6, 6.07) is 8.18. The molecule has 0 bridgehead atoms. The van der Waals surface area contributed by atoms with Crippen LogP contribution in [0.15, 0.2) is 48.8 Å². The summed E-state index contributed by atoms with van der Waals surface area (Å²) in [6.07, 6.45) is 3.29. The average molecular weight is 317 g/mol. The van der Waals surface area contributed by atoms with Crippen LogP contribution in [0.25, 0.3) is 11.4 Å². The van der Waals surface area contributed by atoms with Crippen LogP contribution in [0.2, 0.25) is 0 Å². The van der Waals surface area contributed by atoms with E-state index in [0.29, 0.717) is 17.6 Å². The van der Waals surface area contributed by atoms with Crippen LogP contribution in [0.3, 0.4) is 0 Å². The molecule has 0 spiro atoms. The number of benzene rings is 2. The number of nitrogens with one attached hydrogen (secondary N) is 2. The van der Waals surface area contributed by atoms with Gasteiger partial charge in [0.2, 0.25) is 0 Å². The highest BCUT2D eigenvalue weighted by molar-refractivity contribution is 6.04. The van der Waals surface area contributed by atoms with Gasteiger partial charge in [0.1, 0.15) is 5.82 Å². The smallest absolute Gasteiger partial charge is 0.258 e. The van der Waals surface area contributed by atoms with E-state index in [2.05, 4.69) is 15.3 Å². The van der Waals surface area contributed by atoms with E-state index < -0.39 is 28.9 Å². The Balaban J connectivity index is 1.79. The fourth-order valence-corrected chi connectivity index (χ4v) is 2.03. The first-order valence-electron chi connectivity index (χ1n) is 6.61. The zero-order chi connectivity index (χ0) is 16.4. The van der Waals surface area contributed by atoms with Crippen LogP contribution in [0.4, 0.5) is 18.9 Å². The van der Waals surface area contributed by atoms with Crippen molar-refractivity contribution in [2.24, 2.45) is 0 Å². The maximum atomic E-state index is 13.6. The van der Waals surface area contributed by atoms with Gasteiger partial charge < -0.3 is 10.3 Å². The molecule has 0 saturated carbocycles. The highest BCUT2D eigenvalue weighted by Crippen LogP contribution is 2.20. The number of carbonyl (C=O) groups is 1. The maximum Gasteiger partial charge on any atom is 0.258 e. The lowest BCUT2D eigenvalue weighted by molar-refractivity contribution is 0.102. The Bertz CT molecular complexity index is 846. The molecule has 0 aliphatic heterocycles. The second-order valence-corrected chi connectivity index (χ2v) is 4.69. The third kappa shape index (κ3) is 2.94. The second-order valence-electron chi connectivity index (χ2n) is 4.69. The van der Waals surface area contributed by atoms with Crippen molar-refractivity contribution in [1.29, 1.82) is 0 Å². The minimum Gasteiger partial charge on any atom is -0.345 e. The number of amides is 1. The van der Waals surface area contributed by atoms with E-state index in [1.54, 1.807) is 36.7 Å². The summed E-state index contributed by atoms with van der Waals surface area (Å²) in [4.78, 5) is 19.0. The van der Waals surface area contributed by atoms with Crippen LogP contribution in [-0.2, 0) is 0 Å². The predicted molar refractivity (Wildman–Crippen MR) is 78.3 cm³/mol. The van der Waals surface area contributed by atoms with Gasteiger partial charge in [-0.25, -0.2) is 18.2 Å². The quantitative estimate of drug-likeness (QED) is 0.723. The van der Waals surface area contributed by atoms with Gasteiger partial charge in [-0.2, -0.15) is 0 Å². The van der Waals surface area contributed by atoms with Gasteiger partial charge in [-0.1, -0.05) is 0 Å². The summed E-state index contributed by atoms with van der Waals surface area (Å²) < 4.78 is 39.6. The molecule has 2 N–H and O–H groups in total. The molecule has 1 heterocycles. The van der Waals surface area contributed by atoms with Crippen LogP contribution in [0.5, 0.6) is 0 Å². The minimum atomic E-state index is -1.68. The zero-order valence-corrected chi connectivity index (χ0v) is 11.6. The molecule has 7 heteroatoms. The summed E-state index contributed by atoms with van der Waals surface area (Å²) >= 11 is 0. The molecule has 1 amide bonds. The molecule has 0 unspecified atom stereocenters. The molecule has 0 fully saturated rings. The van der Waals surface area contributed by atoms with Crippen molar-refractivity contribution in [3.05, 3.63) is 71.8 Å². The largest absolute Gasteiger partial charge is 0.345 e. The Hall–Kier alpha value is -3.09. The van der Waals surface area contributed by atoms with E-state index in [1.807, 2.05) is 0 Å². The third-order valence-electron chi connectivity index (χ3n) is 3.19. The van der Waals surface area contributed by atoms with Crippen molar-refractivity contribution < 1.29 is 18.0 Å². The molecule has 3 rings (SSSR count). The van der Waals surface area contributed by atoms with Crippen LogP contribution in [0, 0.1) is 17.5 Å². The van der Waals surface area contributed by atoms with Gasteiger partial charge in [0, 0.05) is 23.6 Å². The van der Waals surface area contributed by atoms with E-state index >= 15 is 0 Å². The molecule has 0 radical (unpaired) electrons. The average Bonchev–Trinajstić information content (AvgIpc) is 3.08. The van der Waals surface area contributed by atoms with Crippen molar-refractivity contribution >= 4 is 11.6 Å². The minimum absolute atomic E-state index is 0.384. The first kappa shape index (κ1) is 14.8. The molecule has 116 valence electrons. The molecule has 1 aromatic heterocycles. The molecule has 0 aliphatic carbocycles. The molecular weight excluding hydrogens is 307 g/mol. The molecule has 4 nitrogen and oxygen atoms in total. The number of hydrogen-bond acceptors (Lipinski definition) is 2. The molecular formula is C16H10F3N3O. The third-order valence-corrected chi connectivity index (χ3v) is 3.19. The number of imidazole rings is 1. The van der Waals surface area contributed by atoms with Crippen molar-refractivity contribution in [1.82, 2.24) is 9.97 Å². The lowest BCUT2D eigenvalue weighted by Gasteiger charge is -2.07. The van der Waals surface area contributed by atoms with E-state index in [4.69, 9.17) is 0 Å². The number of anilines is 1. The summed E-state index contributed by atoms with van der Waals surface area (Å²) in [6.45, 7) is 0. The molecule has 23 heavy (non-hydrogen) atoms. The van der Waals surface area contributed by atoms with E-state index in [1.165, 1.54) is 0 Å².